The summed E-state index contributed by atoms with van der Waals surface area (Å²) < 4.78 is 0. The Morgan fingerprint density at radius 3 is 2.08 bits per heavy atom. The minimum Gasteiger partial charge on any atom is -0.359 e. The van der Waals surface area contributed by atoms with Crippen molar-refractivity contribution in [3.8, 4) is 0 Å². The first-order valence-corrected chi connectivity index (χ1v) is 9.11. The van der Waals surface area contributed by atoms with Gasteiger partial charge in [-0.15, -0.1) is 0 Å². The molecule has 0 spiro atoms. The number of carbonyl (C=O) groups excluding carboxylic acids is 2. The van der Waals surface area contributed by atoms with Crippen LogP contribution in [0.15, 0.2) is 18.3 Å². The topological polar surface area (TPSA) is 59.7 Å². The van der Waals surface area contributed by atoms with Gasteiger partial charge >= 0.3 is 0 Å². The zero-order chi connectivity index (χ0) is 16.8. The van der Waals surface area contributed by atoms with Gasteiger partial charge in [0.05, 0.1) is 18.8 Å². The third-order valence-electron chi connectivity index (χ3n) is 5.05. The Balaban J connectivity index is 1.40. The van der Waals surface area contributed by atoms with Gasteiger partial charge in [-0.25, -0.2) is 0 Å². The average Bonchev–Trinajstić information content (AvgIpc) is 2.99. The smallest absolute Gasteiger partial charge is 0.236 e. The van der Waals surface area contributed by atoms with E-state index in [1.165, 1.54) is 12.8 Å². The van der Waals surface area contributed by atoms with E-state index in [9.17, 15) is 9.59 Å². The lowest BCUT2D eigenvalue weighted by atomic mass is 10.2. The van der Waals surface area contributed by atoms with E-state index in [2.05, 4.69) is 14.8 Å². The van der Waals surface area contributed by atoms with Gasteiger partial charge in [0.1, 0.15) is 0 Å². The summed E-state index contributed by atoms with van der Waals surface area (Å²) >= 11 is 0. The van der Waals surface area contributed by atoms with Crippen LogP contribution in [0.2, 0.25) is 0 Å². The lowest BCUT2D eigenvalue weighted by Crippen LogP contribution is -2.51. The molecule has 0 atom stereocenters. The predicted molar refractivity (Wildman–Crippen MR) is 93.1 cm³/mol. The minimum absolute atomic E-state index is 0.133. The molecule has 6 nitrogen and oxygen atoms in total. The number of ketones is 1. The van der Waals surface area contributed by atoms with Gasteiger partial charge in [0, 0.05) is 45.5 Å². The molecule has 132 valence electrons. The molecule has 1 amide bonds. The summed E-state index contributed by atoms with van der Waals surface area (Å²) in [4.78, 5) is 34.0. The van der Waals surface area contributed by atoms with Gasteiger partial charge in [-0.05, 0) is 25.0 Å². The summed E-state index contributed by atoms with van der Waals surface area (Å²) in [6.07, 6.45) is 6.55. The second kappa shape index (κ2) is 8.44. The van der Waals surface area contributed by atoms with Gasteiger partial charge in [-0.2, -0.15) is 0 Å². The highest BCUT2D eigenvalue weighted by atomic mass is 16.2. The molecule has 2 aliphatic heterocycles. The number of aromatic amines is 1. The summed E-state index contributed by atoms with van der Waals surface area (Å²) in [6.45, 7) is 6.23. The van der Waals surface area contributed by atoms with Crippen LogP contribution in [0.25, 0.3) is 0 Å². The first kappa shape index (κ1) is 17.2. The summed E-state index contributed by atoms with van der Waals surface area (Å²) in [5.74, 6) is 0.405. The lowest BCUT2D eigenvalue weighted by molar-refractivity contribution is -0.132. The molecule has 6 heteroatoms. The molecule has 3 rings (SSSR count). The van der Waals surface area contributed by atoms with E-state index in [1.807, 2.05) is 17.0 Å². The number of likely N-dealkylation sites (tertiary alicyclic amines) is 1. The maximum absolute atomic E-state index is 12.4. The molecule has 2 saturated heterocycles. The number of Topliss-reactive ketones (excluding diaryl/α,β-unsaturated/α-hetero) is 1. The number of amides is 1. The van der Waals surface area contributed by atoms with Crippen LogP contribution in [0.3, 0.4) is 0 Å². The van der Waals surface area contributed by atoms with Crippen molar-refractivity contribution in [3.05, 3.63) is 24.0 Å². The van der Waals surface area contributed by atoms with E-state index in [0.29, 0.717) is 18.8 Å². The Morgan fingerprint density at radius 2 is 1.50 bits per heavy atom. The predicted octanol–water partition coefficient (Wildman–Crippen LogP) is 1.22. The summed E-state index contributed by atoms with van der Waals surface area (Å²) in [6, 6.07) is 3.66. The number of carbonyl (C=O) groups is 2. The minimum atomic E-state index is 0.133. The van der Waals surface area contributed by atoms with Crippen molar-refractivity contribution in [2.45, 2.75) is 25.7 Å². The maximum atomic E-state index is 12.4. The van der Waals surface area contributed by atoms with Crippen LogP contribution in [0.5, 0.6) is 0 Å². The average molecular weight is 332 g/mol. The fourth-order valence-corrected chi connectivity index (χ4v) is 3.51. The molecule has 24 heavy (non-hydrogen) atoms. The van der Waals surface area contributed by atoms with Gasteiger partial charge in [-0.3, -0.25) is 19.4 Å². The quantitative estimate of drug-likeness (QED) is 0.824. The largest absolute Gasteiger partial charge is 0.359 e. The highest BCUT2D eigenvalue weighted by Crippen LogP contribution is 2.11. The van der Waals surface area contributed by atoms with Crippen molar-refractivity contribution in [1.82, 2.24) is 19.7 Å². The Bertz CT molecular complexity index is 527. The Morgan fingerprint density at radius 1 is 0.875 bits per heavy atom. The molecule has 0 saturated carbocycles. The molecule has 0 bridgehead atoms. The van der Waals surface area contributed by atoms with Gasteiger partial charge in [-0.1, -0.05) is 12.8 Å². The standard InChI is InChI=1S/C18H28N4O2/c23-17(16-6-5-7-19-16)14-20-10-12-21(13-11-20)15-18(24)22-8-3-1-2-4-9-22/h5-7,19H,1-4,8-15H2. The van der Waals surface area contributed by atoms with Crippen LogP contribution in [0.1, 0.15) is 36.2 Å². The van der Waals surface area contributed by atoms with Crippen LogP contribution in [-0.4, -0.2) is 83.7 Å². The molecule has 3 heterocycles. The highest BCUT2D eigenvalue weighted by molar-refractivity contribution is 5.95. The van der Waals surface area contributed by atoms with Crippen LogP contribution >= 0.6 is 0 Å². The number of nitrogens with one attached hydrogen (secondary N) is 1. The number of rotatable bonds is 5. The molecule has 0 radical (unpaired) electrons. The number of nitrogens with zero attached hydrogens (tertiary/aromatic N) is 3. The summed E-state index contributed by atoms with van der Waals surface area (Å²) in [5, 5.41) is 0. The van der Waals surface area contributed by atoms with Crippen LogP contribution < -0.4 is 0 Å². The van der Waals surface area contributed by atoms with Crippen LogP contribution in [0.4, 0.5) is 0 Å². The molecule has 1 N–H and O–H groups in total. The third-order valence-corrected chi connectivity index (χ3v) is 5.05. The van der Waals surface area contributed by atoms with Crippen LogP contribution in [0, 0.1) is 0 Å². The number of piperazine rings is 1. The monoisotopic (exact) mass is 332 g/mol. The van der Waals surface area contributed by atoms with E-state index in [4.69, 9.17) is 0 Å². The van der Waals surface area contributed by atoms with Crippen molar-refractivity contribution in [2.24, 2.45) is 0 Å². The van der Waals surface area contributed by atoms with Crippen molar-refractivity contribution in [3.63, 3.8) is 0 Å². The molecule has 2 fully saturated rings. The second-order valence-corrected chi connectivity index (χ2v) is 6.85. The van der Waals surface area contributed by atoms with Crippen molar-refractivity contribution in [1.29, 1.82) is 0 Å². The lowest BCUT2D eigenvalue weighted by Gasteiger charge is -2.34. The van der Waals surface area contributed by atoms with E-state index in [0.717, 1.165) is 52.1 Å². The highest BCUT2D eigenvalue weighted by Gasteiger charge is 2.23. The summed E-state index contributed by atoms with van der Waals surface area (Å²) in [5.41, 5.74) is 0.675. The molecule has 1 aromatic heterocycles. The molecule has 0 unspecified atom stereocenters. The second-order valence-electron chi connectivity index (χ2n) is 6.85. The van der Waals surface area contributed by atoms with E-state index in [-0.39, 0.29) is 11.7 Å². The number of hydrogen-bond donors (Lipinski definition) is 1. The molecule has 0 aromatic carbocycles. The normalized spacial score (nSPS) is 20.8. The van der Waals surface area contributed by atoms with Gasteiger partial charge < -0.3 is 9.88 Å². The SMILES string of the molecule is O=C(CN1CCN(CC(=O)N2CCCCCC2)CC1)c1ccc[nH]1. The fourth-order valence-electron chi connectivity index (χ4n) is 3.51. The van der Waals surface area contributed by atoms with E-state index < -0.39 is 0 Å². The number of hydrogen-bond acceptors (Lipinski definition) is 4. The Kier molecular flexibility index (Phi) is 6.04. The zero-order valence-electron chi connectivity index (χ0n) is 14.4. The van der Waals surface area contributed by atoms with Crippen molar-refractivity contribution < 1.29 is 9.59 Å². The zero-order valence-corrected chi connectivity index (χ0v) is 14.4. The Labute approximate surface area is 143 Å². The number of H-pyrrole nitrogens is 1. The Hall–Kier alpha value is -1.66. The first-order valence-electron chi connectivity index (χ1n) is 9.11. The van der Waals surface area contributed by atoms with Crippen LogP contribution in [-0.2, 0) is 4.79 Å². The fraction of sp³-hybridized carbons (Fsp3) is 0.667. The third kappa shape index (κ3) is 4.68. The molecular weight excluding hydrogens is 304 g/mol. The van der Waals surface area contributed by atoms with E-state index >= 15 is 0 Å². The molecule has 1 aromatic rings. The van der Waals surface area contributed by atoms with Gasteiger partial charge in [0.25, 0.3) is 0 Å². The van der Waals surface area contributed by atoms with Crippen molar-refractivity contribution in [2.75, 3.05) is 52.4 Å². The number of aromatic nitrogens is 1. The molecular formula is C18H28N4O2. The summed E-state index contributed by atoms with van der Waals surface area (Å²) in [7, 11) is 0. The molecule has 0 aliphatic carbocycles. The van der Waals surface area contributed by atoms with Gasteiger partial charge in [0.2, 0.25) is 5.91 Å². The van der Waals surface area contributed by atoms with E-state index in [1.54, 1.807) is 6.20 Å². The van der Waals surface area contributed by atoms with Gasteiger partial charge in [0.15, 0.2) is 5.78 Å². The molecule has 2 aliphatic rings. The maximum Gasteiger partial charge on any atom is 0.236 e. The van der Waals surface area contributed by atoms with Crippen molar-refractivity contribution >= 4 is 11.7 Å². The first-order chi connectivity index (χ1) is 11.7.